The molecule has 0 spiro atoms. The van der Waals surface area contributed by atoms with E-state index in [9.17, 15) is 0 Å². The summed E-state index contributed by atoms with van der Waals surface area (Å²) in [7, 11) is 3.16. The average molecular weight is 432 g/mol. The predicted octanol–water partition coefficient (Wildman–Crippen LogP) is 4.67. The molecule has 0 radical (unpaired) electrons. The number of imidazole rings is 1. The average Bonchev–Trinajstić information content (AvgIpc) is 3.49. The Morgan fingerprint density at radius 3 is 2.84 bits per heavy atom. The summed E-state index contributed by atoms with van der Waals surface area (Å²) >= 11 is 1.35. The van der Waals surface area contributed by atoms with Gasteiger partial charge in [-0.15, -0.1) is 5.10 Å². The number of nitrogens with zero attached hydrogens (tertiary/aromatic N) is 4. The summed E-state index contributed by atoms with van der Waals surface area (Å²) in [5, 5.41) is 14.7. The fourth-order valence-electron chi connectivity index (χ4n) is 3.22. The van der Waals surface area contributed by atoms with Gasteiger partial charge in [0.2, 0.25) is 4.96 Å². The van der Waals surface area contributed by atoms with Gasteiger partial charge in [0, 0.05) is 12.1 Å². The molecule has 0 aliphatic heterocycles. The Kier molecular flexibility index (Phi) is 4.69. The molecular formula is C22H16N4O4S. The lowest BCUT2D eigenvalue weighted by Gasteiger charge is -2.09. The van der Waals surface area contributed by atoms with Crippen molar-refractivity contribution >= 4 is 27.3 Å². The van der Waals surface area contributed by atoms with Gasteiger partial charge in [-0.1, -0.05) is 12.1 Å². The van der Waals surface area contributed by atoms with E-state index in [1.165, 1.54) is 11.3 Å². The van der Waals surface area contributed by atoms with E-state index in [-0.39, 0.29) is 0 Å². The van der Waals surface area contributed by atoms with Crippen molar-refractivity contribution in [1.82, 2.24) is 14.6 Å². The number of rotatable bonds is 6. The Balaban J connectivity index is 1.50. The van der Waals surface area contributed by atoms with Gasteiger partial charge in [-0.2, -0.15) is 5.26 Å². The number of methoxy groups -OCH3 is 2. The van der Waals surface area contributed by atoms with E-state index in [2.05, 4.69) is 16.2 Å². The van der Waals surface area contributed by atoms with Crippen LogP contribution in [0.5, 0.6) is 16.7 Å². The first kappa shape index (κ1) is 19.0. The molecule has 0 aliphatic rings. The van der Waals surface area contributed by atoms with Crippen molar-refractivity contribution in [3.8, 4) is 34.2 Å². The topological polar surface area (TPSA) is 94.8 Å². The molecule has 0 fully saturated rings. The predicted molar refractivity (Wildman–Crippen MR) is 115 cm³/mol. The molecule has 3 aromatic heterocycles. The Morgan fingerprint density at radius 1 is 1.16 bits per heavy atom. The summed E-state index contributed by atoms with van der Waals surface area (Å²) in [6.45, 7) is 0.308. The third kappa shape index (κ3) is 3.53. The van der Waals surface area contributed by atoms with Crippen molar-refractivity contribution in [2.24, 2.45) is 0 Å². The number of fused-ring (bicyclic) bond motifs is 2. The summed E-state index contributed by atoms with van der Waals surface area (Å²) in [4.78, 5) is 5.28. The van der Waals surface area contributed by atoms with Crippen LogP contribution in [0.3, 0.4) is 0 Å². The summed E-state index contributed by atoms with van der Waals surface area (Å²) < 4.78 is 24.3. The summed E-state index contributed by atoms with van der Waals surface area (Å²) in [5.74, 6) is 1.83. The van der Waals surface area contributed by atoms with Crippen LogP contribution < -0.4 is 14.2 Å². The van der Waals surface area contributed by atoms with Gasteiger partial charge in [-0.25, -0.2) is 9.50 Å². The highest BCUT2D eigenvalue weighted by Crippen LogP contribution is 2.37. The molecule has 2 aromatic carbocycles. The van der Waals surface area contributed by atoms with Gasteiger partial charge >= 0.3 is 0 Å². The molecule has 3 heterocycles. The maximum Gasteiger partial charge on any atom is 0.294 e. The third-order valence-electron chi connectivity index (χ3n) is 4.71. The van der Waals surface area contributed by atoms with Crippen LogP contribution in [-0.2, 0) is 6.61 Å². The molecule has 8 nitrogen and oxygen atoms in total. The summed E-state index contributed by atoms with van der Waals surface area (Å²) in [6.07, 6.45) is 1.79. The van der Waals surface area contributed by atoms with E-state index in [1.54, 1.807) is 37.1 Å². The second kappa shape index (κ2) is 7.66. The van der Waals surface area contributed by atoms with Gasteiger partial charge in [0.15, 0.2) is 5.76 Å². The lowest BCUT2D eigenvalue weighted by molar-refractivity contribution is 0.307. The largest absolute Gasteiger partial charge is 0.496 e. The van der Waals surface area contributed by atoms with Crippen molar-refractivity contribution in [3.63, 3.8) is 0 Å². The van der Waals surface area contributed by atoms with E-state index >= 15 is 0 Å². The van der Waals surface area contributed by atoms with Gasteiger partial charge in [-0.05, 0) is 35.1 Å². The molecule has 9 heteroatoms. The summed E-state index contributed by atoms with van der Waals surface area (Å²) in [6, 6.07) is 15.0. The molecule has 0 bridgehead atoms. The van der Waals surface area contributed by atoms with E-state index in [1.807, 2.05) is 30.3 Å². The van der Waals surface area contributed by atoms with E-state index in [4.69, 9.17) is 23.9 Å². The van der Waals surface area contributed by atoms with E-state index in [0.717, 1.165) is 10.9 Å². The molecule has 154 valence electrons. The van der Waals surface area contributed by atoms with E-state index < -0.39 is 0 Å². The molecule has 31 heavy (non-hydrogen) atoms. The maximum absolute atomic E-state index is 9.10. The summed E-state index contributed by atoms with van der Waals surface area (Å²) in [5.41, 5.74) is 2.77. The van der Waals surface area contributed by atoms with Crippen molar-refractivity contribution in [2.45, 2.75) is 6.61 Å². The minimum absolute atomic E-state index is 0.308. The molecule has 5 rings (SSSR count). The first-order valence-corrected chi connectivity index (χ1v) is 10.1. The Bertz CT molecular complexity index is 1410. The van der Waals surface area contributed by atoms with Crippen molar-refractivity contribution in [1.29, 1.82) is 5.26 Å². The molecule has 0 unspecified atom stereocenters. The highest BCUT2D eigenvalue weighted by Gasteiger charge is 2.17. The minimum Gasteiger partial charge on any atom is -0.496 e. The number of hydrogen-bond donors (Lipinski definition) is 0. The zero-order chi connectivity index (χ0) is 21.4. The maximum atomic E-state index is 9.10. The number of aromatic nitrogens is 3. The number of furan rings is 1. The number of benzene rings is 2. The molecule has 5 aromatic rings. The monoisotopic (exact) mass is 432 g/mol. The van der Waals surface area contributed by atoms with Crippen molar-refractivity contribution in [3.05, 3.63) is 59.8 Å². The van der Waals surface area contributed by atoms with Gasteiger partial charge in [-0.3, -0.25) is 0 Å². The minimum atomic E-state index is 0.308. The van der Waals surface area contributed by atoms with Crippen LogP contribution in [-0.4, -0.2) is 28.8 Å². The molecule has 0 N–H and O–H groups in total. The molecule has 0 atom stereocenters. The van der Waals surface area contributed by atoms with E-state index in [0.29, 0.717) is 50.9 Å². The smallest absolute Gasteiger partial charge is 0.294 e. The number of ether oxygens (including phenoxy) is 3. The lowest BCUT2D eigenvalue weighted by atomic mass is 10.1. The highest BCUT2D eigenvalue weighted by atomic mass is 32.1. The normalized spacial score (nSPS) is 11.0. The van der Waals surface area contributed by atoms with Gasteiger partial charge < -0.3 is 18.6 Å². The third-order valence-corrected chi connectivity index (χ3v) is 5.59. The van der Waals surface area contributed by atoms with Crippen LogP contribution in [0.1, 0.15) is 11.1 Å². The zero-order valence-corrected chi connectivity index (χ0v) is 17.5. The van der Waals surface area contributed by atoms with Gasteiger partial charge in [0.05, 0.1) is 37.4 Å². The number of nitriles is 1. The second-order valence-electron chi connectivity index (χ2n) is 6.67. The number of hydrogen-bond acceptors (Lipinski definition) is 8. The van der Waals surface area contributed by atoms with Crippen LogP contribution in [0.2, 0.25) is 0 Å². The molecule has 0 amide bonds. The molecule has 0 aliphatic carbocycles. The fourth-order valence-corrected chi connectivity index (χ4v) is 3.92. The Hall–Kier alpha value is -4.03. The fraction of sp³-hybridized carbons (Fsp3) is 0.136. The molecule has 0 saturated carbocycles. The SMILES string of the molecule is COc1cc(OCc2cccc(C#N)c2)c2cc(-c3cn4nc(OC)sc4n3)oc2c1. The second-order valence-corrected chi connectivity index (χ2v) is 7.59. The van der Waals surface area contributed by atoms with Crippen molar-refractivity contribution < 1.29 is 18.6 Å². The van der Waals surface area contributed by atoms with Gasteiger partial charge in [0.1, 0.15) is 29.4 Å². The Morgan fingerprint density at radius 2 is 2.06 bits per heavy atom. The standard InChI is InChI=1S/C22H16N4O4S/c1-27-15-7-18(29-12-14-5-3-4-13(6-14)10-23)16-9-20(30-19(16)8-15)17-11-26-21(24-17)31-22(25-26)28-2/h3-9,11H,12H2,1-2H3. The van der Waals surface area contributed by atoms with Crippen LogP contribution in [0.15, 0.2) is 53.1 Å². The lowest BCUT2D eigenvalue weighted by Crippen LogP contribution is -1.96. The van der Waals surface area contributed by atoms with Crippen molar-refractivity contribution in [2.75, 3.05) is 14.2 Å². The van der Waals surface area contributed by atoms with Gasteiger partial charge in [0.25, 0.3) is 5.19 Å². The highest BCUT2D eigenvalue weighted by molar-refractivity contribution is 7.18. The molecular weight excluding hydrogens is 416 g/mol. The van der Waals surface area contributed by atoms with Crippen LogP contribution in [0.25, 0.3) is 27.4 Å². The Labute approximate surface area is 180 Å². The quantitative estimate of drug-likeness (QED) is 0.385. The first-order valence-electron chi connectivity index (χ1n) is 9.31. The zero-order valence-electron chi connectivity index (χ0n) is 16.7. The molecule has 0 saturated heterocycles. The van der Waals surface area contributed by atoms with Crippen LogP contribution >= 0.6 is 11.3 Å². The first-order chi connectivity index (χ1) is 15.2. The van der Waals surface area contributed by atoms with Crippen LogP contribution in [0, 0.1) is 11.3 Å². The van der Waals surface area contributed by atoms with Crippen LogP contribution in [0.4, 0.5) is 0 Å².